The zero-order chi connectivity index (χ0) is 26.0. The third-order valence-electron chi connectivity index (χ3n) is 3.83. The first-order valence-electron chi connectivity index (χ1n) is 7.13. The van der Waals surface area contributed by atoms with E-state index in [4.69, 9.17) is 4.55 Å². The first kappa shape index (κ1) is 28.1. The van der Waals surface area contributed by atoms with Gasteiger partial charge in [-0.2, -0.15) is 74.3 Å². The van der Waals surface area contributed by atoms with Gasteiger partial charge in [-0.05, 0) is 6.07 Å². The van der Waals surface area contributed by atoms with Gasteiger partial charge < -0.3 is 0 Å². The minimum atomic E-state index is -8.50. The molecule has 1 N–H and O–H groups in total. The fourth-order valence-electron chi connectivity index (χ4n) is 2.09. The Morgan fingerprint density at radius 3 is 1.28 bits per heavy atom. The molecular formula is C13H5F15O3S. The van der Waals surface area contributed by atoms with Crippen molar-refractivity contribution in [1.29, 1.82) is 0 Å². The Balaban J connectivity index is 3.83. The minimum absolute atomic E-state index is 0.155. The summed E-state index contributed by atoms with van der Waals surface area (Å²) in [6.45, 7) is 0. The lowest BCUT2D eigenvalue weighted by Gasteiger charge is -2.41. The predicted molar refractivity (Wildman–Crippen MR) is 70.9 cm³/mol. The second-order valence-corrected chi connectivity index (χ2v) is 7.31. The van der Waals surface area contributed by atoms with Crippen LogP contribution >= 0.6 is 0 Å². The molecule has 0 bridgehead atoms. The van der Waals surface area contributed by atoms with Crippen molar-refractivity contribution in [3.8, 4) is 0 Å². The first-order chi connectivity index (χ1) is 13.7. The van der Waals surface area contributed by atoms with Gasteiger partial charge >= 0.3 is 41.7 Å². The van der Waals surface area contributed by atoms with E-state index >= 15 is 0 Å². The molecule has 0 saturated heterocycles. The Morgan fingerprint density at radius 1 is 0.562 bits per heavy atom. The van der Waals surface area contributed by atoms with Gasteiger partial charge in [-0.1, -0.05) is 18.2 Å². The summed E-state index contributed by atoms with van der Waals surface area (Å²) in [5.41, 5.74) is -2.89. The maximum absolute atomic E-state index is 14.1. The topological polar surface area (TPSA) is 54.4 Å². The summed E-state index contributed by atoms with van der Waals surface area (Å²) in [7, 11) is -5.99. The van der Waals surface area contributed by atoms with Gasteiger partial charge in [0, 0.05) is 5.56 Å². The molecule has 0 saturated carbocycles. The lowest BCUT2D eigenvalue weighted by Crippen LogP contribution is -2.72. The van der Waals surface area contributed by atoms with E-state index in [2.05, 4.69) is 0 Å². The largest absolute Gasteiger partial charge is 0.460 e. The van der Waals surface area contributed by atoms with E-state index in [1.165, 1.54) is 0 Å². The number of alkyl halides is 15. The fraction of sp³-hybridized carbons (Fsp3) is 0.538. The highest BCUT2D eigenvalue weighted by Gasteiger charge is 2.93. The minimum Gasteiger partial charge on any atom is -0.282 e. The van der Waals surface area contributed by atoms with Crippen LogP contribution in [0.5, 0.6) is 0 Å². The van der Waals surface area contributed by atoms with Crippen LogP contribution in [-0.2, 0) is 16.0 Å². The molecule has 0 aromatic heterocycles. The summed E-state index contributed by atoms with van der Waals surface area (Å²) in [4.78, 5) is -2.32. The van der Waals surface area contributed by atoms with Crippen LogP contribution in [0.2, 0.25) is 0 Å². The second-order valence-electron chi connectivity index (χ2n) is 5.92. The van der Waals surface area contributed by atoms with Gasteiger partial charge in [0.25, 0.3) is 10.1 Å². The molecule has 1 rings (SSSR count). The van der Waals surface area contributed by atoms with Crippen molar-refractivity contribution in [2.75, 3.05) is 0 Å². The van der Waals surface area contributed by atoms with Crippen LogP contribution in [0.15, 0.2) is 29.2 Å². The molecule has 0 aliphatic carbocycles. The van der Waals surface area contributed by atoms with Crippen molar-refractivity contribution < 1.29 is 78.8 Å². The quantitative estimate of drug-likeness (QED) is 0.363. The van der Waals surface area contributed by atoms with E-state index in [-0.39, 0.29) is 12.1 Å². The van der Waals surface area contributed by atoms with E-state index in [1.54, 1.807) is 0 Å². The molecule has 0 heterocycles. The standard InChI is InChI=1S/C13H5F15O3S/c14-7(15,5-3-1-2-4-6(5)32(29,30)31)8(16,17)9(18,19)10(20,21)11(22,23)12(24,25)13(26,27)28/h1-4H,(H,29,30,31). The predicted octanol–water partition coefficient (Wildman–Crippen LogP) is 5.76. The molecular weight excluding hydrogens is 521 g/mol. The molecule has 0 atom stereocenters. The van der Waals surface area contributed by atoms with Crippen molar-refractivity contribution in [1.82, 2.24) is 0 Å². The molecule has 19 heteroatoms. The third kappa shape index (κ3) is 3.65. The van der Waals surface area contributed by atoms with Crippen molar-refractivity contribution >= 4 is 10.1 Å². The van der Waals surface area contributed by atoms with E-state index < -0.39 is 68.4 Å². The zero-order valence-corrected chi connectivity index (χ0v) is 15.0. The molecule has 3 nitrogen and oxygen atoms in total. The lowest BCUT2D eigenvalue weighted by atomic mass is 9.88. The van der Waals surface area contributed by atoms with Crippen LogP contribution in [-0.4, -0.2) is 48.8 Å². The molecule has 0 aliphatic heterocycles. The van der Waals surface area contributed by atoms with Crippen molar-refractivity contribution in [2.45, 2.75) is 46.6 Å². The highest BCUT2D eigenvalue weighted by Crippen LogP contribution is 2.63. The molecule has 0 spiro atoms. The molecule has 0 amide bonds. The molecule has 0 radical (unpaired) electrons. The van der Waals surface area contributed by atoms with Crippen LogP contribution < -0.4 is 0 Å². The average Bonchev–Trinajstić information content (AvgIpc) is 2.59. The molecule has 0 aliphatic rings. The van der Waals surface area contributed by atoms with Gasteiger partial charge in [-0.25, -0.2) is 0 Å². The monoisotopic (exact) mass is 526 g/mol. The SMILES string of the molecule is O=S(=O)(O)c1ccccc1C(F)(F)C(F)(F)C(F)(F)C(F)(F)C(F)(F)C(F)(F)C(F)(F)F. The highest BCUT2D eigenvalue weighted by molar-refractivity contribution is 7.85. The fourth-order valence-corrected chi connectivity index (χ4v) is 2.81. The normalized spacial score (nSPS) is 15.8. The lowest BCUT2D eigenvalue weighted by molar-refractivity contribution is -0.453. The van der Waals surface area contributed by atoms with Crippen LogP contribution in [0, 0.1) is 0 Å². The molecule has 1 aromatic carbocycles. The van der Waals surface area contributed by atoms with Gasteiger partial charge in [0.05, 0.1) is 0 Å². The highest BCUT2D eigenvalue weighted by atomic mass is 32.2. The summed E-state index contributed by atoms with van der Waals surface area (Å²) in [6, 6.07) is -0.0344. The Bertz CT molecular complexity index is 965. The van der Waals surface area contributed by atoms with E-state index in [0.717, 1.165) is 0 Å². The number of hydrogen-bond acceptors (Lipinski definition) is 2. The summed E-state index contributed by atoms with van der Waals surface area (Å²) in [6.07, 6.45) is -7.73. The van der Waals surface area contributed by atoms with Gasteiger partial charge in [-0.3, -0.25) is 4.55 Å². The van der Waals surface area contributed by atoms with Crippen LogP contribution in [0.25, 0.3) is 0 Å². The maximum atomic E-state index is 14.1. The molecule has 0 unspecified atom stereocenters. The summed E-state index contributed by atoms with van der Waals surface area (Å²) < 4.78 is 228. The van der Waals surface area contributed by atoms with Gasteiger partial charge in [-0.15, -0.1) is 0 Å². The summed E-state index contributed by atoms with van der Waals surface area (Å²) in [5, 5.41) is 0. The second kappa shape index (κ2) is 7.29. The average molecular weight is 526 g/mol. The Hall–Kier alpha value is -1.92. The van der Waals surface area contributed by atoms with E-state index in [0.29, 0.717) is 6.07 Å². The number of hydrogen-bond donors (Lipinski definition) is 1. The van der Waals surface area contributed by atoms with Crippen molar-refractivity contribution in [2.24, 2.45) is 0 Å². The maximum Gasteiger partial charge on any atom is 0.460 e. The van der Waals surface area contributed by atoms with Crippen LogP contribution in [0.1, 0.15) is 5.56 Å². The van der Waals surface area contributed by atoms with Crippen molar-refractivity contribution in [3.63, 3.8) is 0 Å². The Labute approximate surface area is 166 Å². The summed E-state index contributed by atoms with van der Waals surface area (Å²) in [5.74, 6) is -48.3. The molecule has 186 valence electrons. The molecule has 0 fully saturated rings. The zero-order valence-electron chi connectivity index (χ0n) is 14.2. The van der Waals surface area contributed by atoms with Gasteiger partial charge in [0.2, 0.25) is 0 Å². The Morgan fingerprint density at radius 2 is 0.906 bits per heavy atom. The van der Waals surface area contributed by atoms with Gasteiger partial charge in [0.15, 0.2) is 0 Å². The number of halogens is 15. The number of benzene rings is 1. The smallest absolute Gasteiger partial charge is 0.282 e. The van der Waals surface area contributed by atoms with Crippen LogP contribution in [0.3, 0.4) is 0 Å². The van der Waals surface area contributed by atoms with E-state index in [9.17, 15) is 74.3 Å². The molecule has 1 aromatic rings. The number of rotatable bonds is 7. The first-order valence-corrected chi connectivity index (χ1v) is 8.57. The van der Waals surface area contributed by atoms with Crippen LogP contribution in [0.4, 0.5) is 65.9 Å². The summed E-state index contributed by atoms with van der Waals surface area (Å²) >= 11 is 0. The third-order valence-corrected chi connectivity index (χ3v) is 4.74. The Kier molecular flexibility index (Phi) is 6.41. The van der Waals surface area contributed by atoms with E-state index in [1.807, 2.05) is 0 Å². The van der Waals surface area contributed by atoms with Gasteiger partial charge in [0.1, 0.15) is 4.90 Å². The molecule has 32 heavy (non-hydrogen) atoms. The van der Waals surface area contributed by atoms with Crippen molar-refractivity contribution in [3.05, 3.63) is 29.8 Å².